The first-order valence-electron chi connectivity index (χ1n) is 31.8. The van der Waals surface area contributed by atoms with E-state index in [0.29, 0.717) is 11.8 Å². The van der Waals surface area contributed by atoms with Crippen LogP contribution >= 0.6 is 0 Å². The molecule has 0 fully saturated rings. The van der Waals surface area contributed by atoms with Gasteiger partial charge in [-0.15, -0.1) is 0 Å². The van der Waals surface area contributed by atoms with Crippen LogP contribution < -0.4 is 52.4 Å². The van der Waals surface area contributed by atoms with Gasteiger partial charge in [-0.25, -0.2) is 0 Å². The maximum atomic E-state index is 2.47. The first-order valence-corrected chi connectivity index (χ1v) is 31.8. The number of rotatable bonds is 9. The Kier molecular flexibility index (Phi) is 13.8. The number of fused-ring (bicyclic) bond motifs is 8. The van der Waals surface area contributed by atoms with Crippen LogP contribution in [-0.4, -0.2) is 13.4 Å². The Hall–Kier alpha value is -10.8. The molecule has 0 aliphatic carbocycles. The molecule has 13 aromatic carbocycles. The van der Waals surface area contributed by atoms with Crippen LogP contribution in [0.5, 0.6) is 0 Å². The predicted octanol–water partition coefficient (Wildman–Crippen LogP) is 18.8. The Morgan fingerprint density at radius 2 is 0.500 bits per heavy atom. The van der Waals surface area contributed by atoms with Gasteiger partial charge in [0.2, 0.25) is 0 Å². The van der Waals surface area contributed by atoms with Gasteiger partial charge in [0.1, 0.15) is 0 Å². The van der Waals surface area contributed by atoms with E-state index in [9.17, 15) is 0 Å². The van der Waals surface area contributed by atoms with E-state index in [0.717, 1.165) is 11.4 Å². The molecule has 0 amide bonds. The molecule has 0 saturated carbocycles. The van der Waals surface area contributed by atoms with E-state index in [1.54, 1.807) is 0 Å². The summed E-state index contributed by atoms with van der Waals surface area (Å²) in [6.45, 7) is 9.22. The minimum atomic E-state index is 0.0471. The lowest BCUT2D eigenvalue weighted by Crippen LogP contribution is -2.61. The highest BCUT2D eigenvalue weighted by Crippen LogP contribution is 2.47. The average Bonchev–Trinajstić information content (AvgIpc) is 0.715. The third kappa shape index (κ3) is 9.33. The Balaban J connectivity index is 0.000000149. The minimum Gasteiger partial charge on any atom is -0.311 e. The molecule has 4 aliphatic heterocycles. The van der Waals surface area contributed by atoms with Gasteiger partial charge in [-0.3, -0.25) is 0 Å². The van der Waals surface area contributed by atoms with Gasteiger partial charge in [0.25, 0.3) is 13.4 Å². The molecule has 0 radical (unpaired) electrons. The molecular weight excluding hydrogens is 1090 g/mol. The van der Waals surface area contributed by atoms with Crippen molar-refractivity contribution in [2.24, 2.45) is 0 Å². The zero-order valence-corrected chi connectivity index (χ0v) is 51.1. The number of hydrogen-bond acceptors (Lipinski definition) is 4. The number of para-hydroxylation sites is 5. The zero-order chi connectivity index (χ0) is 60.4. The summed E-state index contributed by atoms with van der Waals surface area (Å²) >= 11 is 0. The van der Waals surface area contributed by atoms with Crippen molar-refractivity contribution in [3.8, 4) is 33.4 Å². The highest BCUT2D eigenvalue weighted by atomic mass is 15.2. The van der Waals surface area contributed by atoms with E-state index >= 15 is 0 Å². The van der Waals surface area contributed by atoms with Gasteiger partial charge in [0.15, 0.2) is 0 Å². The molecule has 0 atom stereocenters. The van der Waals surface area contributed by atoms with Crippen molar-refractivity contribution in [1.29, 1.82) is 0 Å². The summed E-state index contributed by atoms with van der Waals surface area (Å²) in [4.78, 5) is 9.82. The summed E-state index contributed by atoms with van der Waals surface area (Å²) in [5.74, 6) is 0.998. The second-order valence-electron chi connectivity index (χ2n) is 24.8. The van der Waals surface area contributed by atoms with Crippen LogP contribution in [0.25, 0.3) is 33.4 Å². The molecule has 0 unspecified atom stereocenters. The van der Waals surface area contributed by atoms with Crippen LogP contribution in [0.4, 0.5) is 68.2 Å². The minimum absolute atomic E-state index is 0.0471. The second kappa shape index (κ2) is 22.7. The van der Waals surface area contributed by atoms with Crippen LogP contribution in [0.3, 0.4) is 0 Å². The molecule has 6 heteroatoms. The highest BCUT2D eigenvalue weighted by Gasteiger charge is 2.45. The number of nitrogens with zero attached hydrogens (tertiary/aromatic N) is 4. The van der Waals surface area contributed by atoms with Crippen molar-refractivity contribution in [2.45, 2.75) is 39.5 Å². The molecule has 0 bridgehead atoms. The molecule has 13 aromatic rings. The maximum Gasteiger partial charge on any atom is 0.252 e. The summed E-state index contributed by atoms with van der Waals surface area (Å²) in [6, 6.07) is 116. The average molecular weight is 1150 g/mol. The fraction of sp³-hybridized carbons (Fsp3) is 0.0714. The van der Waals surface area contributed by atoms with Gasteiger partial charge < -0.3 is 19.6 Å². The Labute approximate surface area is 530 Å². The third-order valence-electron chi connectivity index (χ3n) is 18.9. The van der Waals surface area contributed by atoms with Crippen LogP contribution in [0.2, 0.25) is 0 Å². The maximum absolute atomic E-state index is 2.47. The number of anilines is 12. The SMILES string of the molecule is CC(C)c1ccc(-c2ccc3c(c2)B2c4cc(-c5ccc(C(C)C)cc5)ccc4N(c4ccccc4)c4cccc(c42)N3c2ccccc2)cc1.c1ccc(-c2ccc3c(c2)N(c2ccccc2)c2cccc4c2B3c2ccccc2N4c2ccccc2)cc1. The molecule has 0 aromatic heterocycles. The highest BCUT2D eigenvalue weighted by molar-refractivity contribution is 7.01. The normalized spacial score (nSPS) is 13.0. The molecule has 4 aliphatic rings. The molecule has 428 valence electrons. The van der Waals surface area contributed by atoms with E-state index in [1.807, 2.05) is 0 Å². The van der Waals surface area contributed by atoms with Crippen molar-refractivity contribution >= 4 is 114 Å². The van der Waals surface area contributed by atoms with Gasteiger partial charge in [0, 0.05) is 68.2 Å². The predicted molar refractivity (Wildman–Crippen MR) is 385 cm³/mol. The van der Waals surface area contributed by atoms with E-state index in [1.165, 1.54) is 134 Å². The van der Waals surface area contributed by atoms with Crippen molar-refractivity contribution in [2.75, 3.05) is 19.6 Å². The van der Waals surface area contributed by atoms with Crippen molar-refractivity contribution < 1.29 is 0 Å². The summed E-state index contributed by atoms with van der Waals surface area (Å²) in [5, 5.41) is 0. The van der Waals surface area contributed by atoms with Crippen LogP contribution in [0.1, 0.15) is 50.7 Å². The van der Waals surface area contributed by atoms with Gasteiger partial charge in [0.05, 0.1) is 0 Å². The lowest BCUT2D eigenvalue weighted by molar-refractivity contribution is 0.867. The smallest absolute Gasteiger partial charge is 0.252 e. The van der Waals surface area contributed by atoms with Gasteiger partial charge in [-0.05, 0) is 186 Å². The van der Waals surface area contributed by atoms with Crippen LogP contribution in [-0.2, 0) is 0 Å². The molecule has 90 heavy (non-hydrogen) atoms. The van der Waals surface area contributed by atoms with E-state index in [4.69, 9.17) is 0 Å². The molecule has 4 heterocycles. The fourth-order valence-corrected chi connectivity index (χ4v) is 14.5. The molecular formula is C84H66B2N4. The zero-order valence-electron chi connectivity index (χ0n) is 51.1. The summed E-state index contributed by atoms with van der Waals surface area (Å²) < 4.78 is 0. The molecule has 17 rings (SSSR count). The Bertz CT molecular complexity index is 4620. The third-order valence-corrected chi connectivity index (χ3v) is 18.9. The molecule has 0 N–H and O–H groups in total. The van der Waals surface area contributed by atoms with Gasteiger partial charge in [-0.1, -0.05) is 246 Å². The second-order valence-corrected chi connectivity index (χ2v) is 24.8. The van der Waals surface area contributed by atoms with Crippen molar-refractivity contribution in [3.63, 3.8) is 0 Å². The molecule has 4 nitrogen and oxygen atoms in total. The Morgan fingerprint density at radius 3 is 0.911 bits per heavy atom. The first-order chi connectivity index (χ1) is 44.3. The number of benzene rings is 13. The fourth-order valence-electron chi connectivity index (χ4n) is 14.5. The lowest BCUT2D eigenvalue weighted by atomic mass is 9.33. The summed E-state index contributed by atoms with van der Waals surface area (Å²) in [5.41, 5.74) is 32.7. The topological polar surface area (TPSA) is 13.0 Å². The van der Waals surface area contributed by atoms with E-state index in [-0.39, 0.29) is 13.4 Å². The molecule has 0 spiro atoms. The lowest BCUT2D eigenvalue weighted by Gasteiger charge is -2.44. The Morgan fingerprint density at radius 1 is 0.211 bits per heavy atom. The van der Waals surface area contributed by atoms with Gasteiger partial charge >= 0.3 is 0 Å². The van der Waals surface area contributed by atoms with Crippen molar-refractivity contribution in [3.05, 3.63) is 327 Å². The quantitative estimate of drug-likeness (QED) is 0.134. The van der Waals surface area contributed by atoms with E-state index in [2.05, 4.69) is 363 Å². The largest absolute Gasteiger partial charge is 0.311 e. The number of hydrogen-bond donors (Lipinski definition) is 0. The standard InChI is InChI=1S/C48H41BN2.C36H25BN2/c1-32(2)34-18-22-36(23-19-34)38-26-28-44-42(30-38)49-43-31-39(37-24-20-35(21-25-37)33(3)4)27-29-45(43)51(41-14-9-6-10-15-41)47-17-11-16-46(48(47)49)50(44)40-12-7-5-8-13-40;1-4-13-26(14-5-1)27-23-24-31-35(25-27)39(29-17-8-3-9-18-29)34-22-12-21-33-36(34)37(31)30-19-10-11-20-32(30)38(33)28-15-6-2-7-16-28/h5-33H,1-4H3;1-25H. The summed E-state index contributed by atoms with van der Waals surface area (Å²) in [6.07, 6.45) is 0. The summed E-state index contributed by atoms with van der Waals surface area (Å²) in [7, 11) is 0. The van der Waals surface area contributed by atoms with Crippen molar-refractivity contribution in [1.82, 2.24) is 0 Å². The van der Waals surface area contributed by atoms with E-state index < -0.39 is 0 Å². The molecule has 0 saturated heterocycles. The van der Waals surface area contributed by atoms with Gasteiger partial charge in [-0.2, -0.15) is 0 Å². The van der Waals surface area contributed by atoms with Crippen LogP contribution in [0, 0.1) is 0 Å². The monoisotopic (exact) mass is 1150 g/mol. The van der Waals surface area contributed by atoms with Crippen LogP contribution in [0.15, 0.2) is 315 Å². The first kappa shape index (κ1) is 54.6.